The smallest absolute Gasteiger partial charge is 0.280 e. The van der Waals surface area contributed by atoms with Crippen LogP contribution in [0.1, 0.15) is 13.2 Å². The van der Waals surface area contributed by atoms with E-state index in [0.717, 1.165) is 6.92 Å². The van der Waals surface area contributed by atoms with Crippen molar-refractivity contribution < 1.29 is 19.3 Å². The second-order valence-corrected chi connectivity index (χ2v) is 5.08. The van der Waals surface area contributed by atoms with Crippen LogP contribution in [0.25, 0.3) is 11.2 Å². The van der Waals surface area contributed by atoms with E-state index < -0.39 is 36.3 Å². The number of hydrogen-bond donors (Lipinski definition) is 4. The number of nitrogen functional groups attached to an aromatic ring is 1. The van der Waals surface area contributed by atoms with E-state index in [9.17, 15) is 14.3 Å². The highest BCUT2D eigenvalue weighted by Gasteiger charge is 2.55. The highest BCUT2D eigenvalue weighted by atomic mass is 19.1. The molecule has 0 bridgehead atoms. The van der Waals surface area contributed by atoms with Gasteiger partial charge in [-0.05, 0) is 6.92 Å². The summed E-state index contributed by atoms with van der Waals surface area (Å²) in [7, 11) is 0. The van der Waals surface area contributed by atoms with E-state index in [-0.39, 0.29) is 17.1 Å². The number of halogens is 1. The first kappa shape index (κ1) is 13.9. The van der Waals surface area contributed by atoms with Gasteiger partial charge >= 0.3 is 0 Å². The summed E-state index contributed by atoms with van der Waals surface area (Å²) in [6, 6.07) is 0. The molecule has 1 unspecified atom stereocenters. The van der Waals surface area contributed by atoms with Crippen molar-refractivity contribution in [3.8, 4) is 0 Å². The van der Waals surface area contributed by atoms with Gasteiger partial charge in [0.1, 0.15) is 12.2 Å². The Kier molecular flexibility index (Phi) is 2.97. The van der Waals surface area contributed by atoms with Gasteiger partial charge < -0.3 is 20.7 Å². The number of anilines is 1. The summed E-state index contributed by atoms with van der Waals surface area (Å²) in [4.78, 5) is 21.7. The maximum absolute atomic E-state index is 14.7. The van der Waals surface area contributed by atoms with Crippen molar-refractivity contribution in [3.63, 3.8) is 0 Å². The summed E-state index contributed by atoms with van der Waals surface area (Å²) >= 11 is 0. The first-order valence-corrected chi connectivity index (χ1v) is 6.22. The van der Waals surface area contributed by atoms with Gasteiger partial charge in [-0.3, -0.25) is 14.3 Å². The van der Waals surface area contributed by atoms with Crippen molar-refractivity contribution in [2.45, 2.75) is 31.0 Å². The predicted molar refractivity (Wildman–Crippen MR) is 69.1 cm³/mol. The predicted octanol–water partition coefficient (Wildman–Crippen LogP) is -1.32. The summed E-state index contributed by atoms with van der Waals surface area (Å²) in [6.45, 7) is 0.598. The largest absolute Gasteiger partial charge is 0.394 e. The summed E-state index contributed by atoms with van der Waals surface area (Å²) in [5.74, 6) is -0.146. The lowest BCUT2D eigenvalue weighted by atomic mass is 9.99. The van der Waals surface area contributed by atoms with Crippen molar-refractivity contribution in [1.82, 2.24) is 19.5 Å². The SMILES string of the molecule is C[C@@]1(F)[C@H](O)C(CO)O[C@H]1n1cnc2c(=O)[nH]c(N)nc21. The Bertz CT molecular complexity index is 742. The molecular formula is C11H14FN5O4. The second kappa shape index (κ2) is 4.48. The lowest BCUT2D eigenvalue weighted by molar-refractivity contribution is -0.0566. The van der Waals surface area contributed by atoms with Crippen molar-refractivity contribution in [1.29, 1.82) is 0 Å². The summed E-state index contributed by atoms with van der Waals surface area (Å²) in [5, 5.41) is 19.0. The Morgan fingerprint density at radius 1 is 1.67 bits per heavy atom. The van der Waals surface area contributed by atoms with Crippen LogP contribution >= 0.6 is 0 Å². The number of fused-ring (bicyclic) bond motifs is 1. The van der Waals surface area contributed by atoms with E-state index >= 15 is 0 Å². The third-order valence-electron chi connectivity index (χ3n) is 3.60. The van der Waals surface area contributed by atoms with Crippen molar-refractivity contribution >= 4 is 17.1 Å². The monoisotopic (exact) mass is 299 g/mol. The maximum atomic E-state index is 14.7. The van der Waals surface area contributed by atoms with Crippen LogP contribution in [0.15, 0.2) is 11.1 Å². The highest BCUT2D eigenvalue weighted by molar-refractivity contribution is 5.70. The Balaban J connectivity index is 2.15. The molecule has 0 spiro atoms. The van der Waals surface area contributed by atoms with Crippen LogP contribution in [0.4, 0.5) is 10.3 Å². The van der Waals surface area contributed by atoms with Crippen molar-refractivity contribution in [2.75, 3.05) is 12.3 Å². The third-order valence-corrected chi connectivity index (χ3v) is 3.60. The topological polar surface area (TPSA) is 139 Å². The number of aromatic nitrogens is 4. The van der Waals surface area contributed by atoms with Crippen molar-refractivity contribution in [2.24, 2.45) is 0 Å². The van der Waals surface area contributed by atoms with Crippen LogP contribution in [0.5, 0.6) is 0 Å². The number of imidazole rings is 1. The average Bonchev–Trinajstić information content (AvgIpc) is 2.91. The second-order valence-electron chi connectivity index (χ2n) is 5.08. The number of aliphatic hydroxyl groups is 2. The van der Waals surface area contributed by atoms with E-state index in [0.29, 0.717) is 0 Å². The van der Waals surface area contributed by atoms with Crippen LogP contribution in [-0.2, 0) is 4.74 Å². The fourth-order valence-corrected chi connectivity index (χ4v) is 2.48. The lowest BCUT2D eigenvalue weighted by Crippen LogP contribution is -2.40. The molecule has 0 amide bonds. The highest BCUT2D eigenvalue weighted by Crippen LogP contribution is 2.41. The zero-order chi connectivity index (χ0) is 15.4. The van der Waals surface area contributed by atoms with Gasteiger partial charge in [0.15, 0.2) is 23.1 Å². The van der Waals surface area contributed by atoms with Gasteiger partial charge in [-0.25, -0.2) is 9.37 Å². The molecule has 2 aromatic heterocycles. The molecule has 3 heterocycles. The zero-order valence-electron chi connectivity index (χ0n) is 11.0. The summed E-state index contributed by atoms with van der Waals surface area (Å²) in [5.41, 5.74) is 2.73. The number of nitrogens with zero attached hydrogens (tertiary/aromatic N) is 3. The Hall–Kier alpha value is -2.04. The first-order chi connectivity index (χ1) is 9.86. The minimum absolute atomic E-state index is 0.0226. The molecule has 5 N–H and O–H groups in total. The van der Waals surface area contributed by atoms with E-state index in [1.54, 1.807) is 0 Å². The van der Waals surface area contributed by atoms with Gasteiger partial charge in [0.25, 0.3) is 5.56 Å². The zero-order valence-corrected chi connectivity index (χ0v) is 11.0. The summed E-state index contributed by atoms with van der Waals surface area (Å²) in [6.07, 6.45) is -2.71. The molecule has 4 atom stereocenters. The van der Waals surface area contributed by atoms with Crippen LogP contribution in [-0.4, -0.2) is 54.2 Å². The van der Waals surface area contributed by atoms with E-state index in [1.165, 1.54) is 10.9 Å². The maximum Gasteiger partial charge on any atom is 0.280 e. The van der Waals surface area contributed by atoms with Gasteiger partial charge in [0.05, 0.1) is 12.9 Å². The molecule has 1 fully saturated rings. The molecule has 10 heteroatoms. The number of nitrogens with two attached hydrogens (primary N) is 1. The minimum atomic E-state index is -2.19. The standard InChI is InChI=1S/C11H14FN5O4/c1-11(12)6(19)4(2-18)21-9(11)17-3-14-5-7(17)15-10(13)16-8(5)20/h3-4,6,9,18-19H,2H2,1H3,(H3,13,15,16,20)/t4?,6-,9-,11-/m1/s1. The number of aromatic amines is 1. The number of ether oxygens (including phenoxy) is 1. The minimum Gasteiger partial charge on any atom is -0.394 e. The van der Waals surface area contributed by atoms with E-state index in [2.05, 4.69) is 15.0 Å². The Morgan fingerprint density at radius 3 is 3.00 bits per heavy atom. The molecule has 1 aliphatic heterocycles. The number of hydrogen-bond acceptors (Lipinski definition) is 7. The van der Waals surface area contributed by atoms with Crippen LogP contribution in [0.3, 0.4) is 0 Å². The summed E-state index contributed by atoms with van der Waals surface area (Å²) < 4.78 is 21.2. The number of H-pyrrole nitrogens is 1. The molecule has 0 radical (unpaired) electrons. The first-order valence-electron chi connectivity index (χ1n) is 6.22. The molecule has 2 aromatic rings. The van der Waals surface area contributed by atoms with Gasteiger partial charge in [-0.2, -0.15) is 4.98 Å². The third kappa shape index (κ3) is 1.91. The van der Waals surface area contributed by atoms with E-state index in [4.69, 9.17) is 15.6 Å². The van der Waals surface area contributed by atoms with Crippen LogP contribution < -0.4 is 11.3 Å². The fourth-order valence-electron chi connectivity index (χ4n) is 2.48. The normalized spacial score (nSPS) is 32.9. The molecule has 0 aromatic carbocycles. The van der Waals surface area contributed by atoms with E-state index in [1.807, 2.05) is 0 Å². The molecule has 0 saturated carbocycles. The Labute approximate surface area is 117 Å². The van der Waals surface area contributed by atoms with Crippen molar-refractivity contribution in [3.05, 3.63) is 16.7 Å². The molecule has 0 aliphatic carbocycles. The number of rotatable bonds is 2. The number of aliphatic hydroxyl groups excluding tert-OH is 2. The quantitative estimate of drug-likeness (QED) is 0.539. The Morgan fingerprint density at radius 2 is 2.38 bits per heavy atom. The van der Waals surface area contributed by atoms with Crippen LogP contribution in [0, 0.1) is 0 Å². The number of nitrogens with one attached hydrogen (secondary N) is 1. The number of alkyl halides is 1. The van der Waals surface area contributed by atoms with Gasteiger partial charge in [0.2, 0.25) is 5.95 Å². The van der Waals surface area contributed by atoms with Gasteiger partial charge in [-0.1, -0.05) is 0 Å². The van der Waals surface area contributed by atoms with Gasteiger partial charge in [0, 0.05) is 0 Å². The molecule has 114 valence electrons. The molecule has 9 nitrogen and oxygen atoms in total. The van der Waals surface area contributed by atoms with Gasteiger partial charge in [-0.15, -0.1) is 0 Å². The van der Waals surface area contributed by atoms with Crippen LogP contribution in [0.2, 0.25) is 0 Å². The molecule has 1 saturated heterocycles. The molecule has 1 aliphatic rings. The molecule has 3 rings (SSSR count). The molecule has 21 heavy (non-hydrogen) atoms. The average molecular weight is 299 g/mol. The fraction of sp³-hybridized carbons (Fsp3) is 0.545. The lowest BCUT2D eigenvalue weighted by Gasteiger charge is -2.24. The molecular weight excluding hydrogens is 285 g/mol.